The summed E-state index contributed by atoms with van der Waals surface area (Å²) in [6.45, 7) is 1.94. The van der Waals surface area contributed by atoms with Gasteiger partial charge in [-0.25, -0.2) is 0 Å². The quantitative estimate of drug-likeness (QED) is 0.804. The summed E-state index contributed by atoms with van der Waals surface area (Å²) in [4.78, 5) is -0.289. The number of aromatic hydroxyl groups is 1. The van der Waals surface area contributed by atoms with E-state index in [0.29, 0.717) is 17.2 Å². The number of phenolic OH excluding ortho intramolecular Hbond substituents is 1. The van der Waals surface area contributed by atoms with E-state index in [-0.39, 0.29) is 10.6 Å². The van der Waals surface area contributed by atoms with Gasteiger partial charge in [0.1, 0.15) is 5.75 Å². The Morgan fingerprint density at radius 3 is 2.47 bits per heavy atom. The highest BCUT2D eigenvalue weighted by Gasteiger charge is 2.14. The highest BCUT2D eigenvalue weighted by Crippen LogP contribution is 2.30. The summed E-state index contributed by atoms with van der Waals surface area (Å²) in [6, 6.07) is 7.79. The third-order valence-electron chi connectivity index (χ3n) is 2.72. The molecule has 0 bridgehead atoms. The van der Waals surface area contributed by atoms with Crippen molar-refractivity contribution in [1.29, 1.82) is 0 Å². The lowest BCUT2D eigenvalue weighted by molar-refractivity contribution is 0.471. The molecule has 0 fully saturated rings. The number of rotatable bonds is 2. The maximum absolute atomic E-state index is 11.1. The SMILES string of the molecule is CCc1cccc2c(O)cc(S(=O)(=O)O)cc12. The van der Waals surface area contributed by atoms with Crippen LogP contribution in [0.4, 0.5) is 0 Å². The number of benzene rings is 2. The van der Waals surface area contributed by atoms with Gasteiger partial charge in [-0.15, -0.1) is 0 Å². The molecule has 2 rings (SSSR count). The summed E-state index contributed by atoms with van der Waals surface area (Å²) in [5.74, 6) is -0.148. The lowest BCUT2D eigenvalue weighted by atomic mass is 10.0. The molecule has 4 nitrogen and oxygen atoms in total. The second-order valence-electron chi connectivity index (χ2n) is 3.78. The molecule has 17 heavy (non-hydrogen) atoms. The molecule has 0 aliphatic heterocycles. The maximum Gasteiger partial charge on any atom is 0.294 e. The van der Waals surface area contributed by atoms with Crippen LogP contribution in [0.3, 0.4) is 0 Å². The van der Waals surface area contributed by atoms with Gasteiger partial charge in [0, 0.05) is 11.5 Å². The minimum atomic E-state index is -4.30. The van der Waals surface area contributed by atoms with Crippen molar-refractivity contribution in [3.8, 4) is 5.75 Å². The van der Waals surface area contributed by atoms with Crippen molar-refractivity contribution in [2.75, 3.05) is 0 Å². The number of phenols is 1. The van der Waals surface area contributed by atoms with Crippen LogP contribution in [0.5, 0.6) is 5.75 Å². The number of hydrogen-bond donors (Lipinski definition) is 2. The zero-order chi connectivity index (χ0) is 12.6. The van der Waals surface area contributed by atoms with E-state index in [9.17, 15) is 13.5 Å². The van der Waals surface area contributed by atoms with Gasteiger partial charge in [-0.05, 0) is 23.4 Å². The lowest BCUT2D eigenvalue weighted by Crippen LogP contribution is -1.98. The zero-order valence-electron chi connectivity index (χ0n) is 9.21. The molecule has 0 aliphatic carbocycles. The molecule has 0 unspecified atom stereocenters. The molecule has 0 amide bonds. The Hall–Kier alpha value is -1.59. The van der Waals surface area contributed by atoms with Crippen molar-refractivity contribution in [1.82, 2.24) is 0 Å². The third kappa shape index (κ3) is 2.11. The third-order valence-corrected chi connectivity index (χ3v) is 3.55. The summed E-state index contributed by atoms with van der Waals surface area (Å²) in [5, 5.41) is 11.0. The molecule has 0 spiro atoms. The molecule has 0 aromatic heterocycles. The molecule has 0 atom stereocenters. The first-order valence-electron chi connectivity index (χ1n) is 5.15. The molecule has 5 heteroatoms. The zero-order valence-corrected chi connectivity index (χ0v) is 10.0. The lowest BCUT2D eigenvalue weighted by Gasteiger charge is -2.08. The van der Waals surface area contributed by atoms with Crippen LogP contribution in [0.1, 0.15) is 12.5 Å². The Labute approximate surface area is 99.3 Å². The summed E-state index contributed by atoms with van der Waals surface area (Å²) in [6.07, 6.45) is 0.714. The van der Waals surface area contributed by atoms with Gasteiger partial charge >= 0.3 is 0 Å². The van der Waals surface area contributed by atoms with E-state index >= 15 is 0 Å². The second-order valence-corrected chi connectivity index (χ2v) is 5.20. The first kappa shape index (κ1) is 11.9. The van der Waals surface area contributed by atoms with Crippen molar-refractivity contribution in [3.63, 3.8) is 0 Å². The van der Waals surface area contributed by atoms with E-state index in [0.717, 1.165) is 11.6 Å². The first-order valence-corrected chi connectivity index (χ1v) is 6.59. The van der Waals surface area contributed by atoms with Crippen molar-refractivity contribution in [2.45, 2.75) is 18.2 Å². The molecule has 0 saturated carbocycles. The molecule has 2 aromatic rings. The minimum Gasteiger partial charge on any atom is -0.507 e. The van der Waals surface area contributed by atoms with Crippen LogP contribution in [-0.2, 0) is 16.5 Å². The van der Waals surface area contributed by atoms with E-state index in [1.807, 2.05) is 13.0 Å². The average molecular weight is 252 g/mol. The van der Waals surface area contributed by atoms with Crippen LogP contribution in [0.15, 0.2) is 35.2 Å². The van der Waals surface area contributed by atoms with Crippen molar-refractivity contribution < 1.29 is 18.1 Å². The molecular formula is C12H12O4S. The van der Waals surface area contributed by atoms with E-state index in [4.69, 9.17) is 4.55 Å². The fraction of sp³-hybridized carbons (Fsp3) is 0.167. The van der Waals surface area contributed by atoms with E-state index in [1.54, 1.807) is 12.1 Å². The Kier molecular flexibility index (Phi) is 2.81. The van der Waals surface area contributed by atoms with Gasteiger partial charge in [-0.1, -0.05) is 25.1 Å². The van der Waals surface area contributed by atoms with Crippen LogP contribution < -0.4 is 0 Å². The summed E-state index contributed by atoms with van der Waals surface area (Å²) < 4.78 is 31.1. The molecule has 0 aliphatic rings. The monoisotopic (exact) mass is 252 g/mol. The highest BCUT2D eigenvalue weighted by molar-refractivity contribution is 7.85. The predicted molar refractivity (Wildman–Crippen MR) is 64.8 cm³/mol. The fourth-order valence-electron chi connectivity index (χ4n) is 1.86. The Balaban J connectivity index is 2.88. The van der Waals surface area contributed by atoms with Crippen molar-refractivity contribution in [2.24, 2.45) is 0 Å². The van der Waals surface area contributed by atoms with Gasteiger partial charge in [0.05, 0.1) is 4.90 Å². The molecular weight excluding hydrogens is 240 g/mol. The summed E-state index contributed by atoms with van der Waals surface area (Å²) in [7, 11) is -4.30. The van der Waals surface area contributed by atoms with Crippen LogP contribution in [0, 0.1) is 0 Å². The number of aryl methyl sites for hydroxylation is 1. The largest absolute Gasteiger partial charge is 0.507 e. The molecule has 90 valence electrons. The molecule has 0 saturated heterocycles. The minimum absolute atomic E-state index is 0.148. The van der Waals surface area contributed by atoms with Gasteiger partial charge in [-0.2, -0.15) is 8.42 Å². The van der Waals surface area contributed by atoms with Crippen LogP contribution in [0.25, 0.3) is 10.8 Å². The Morgan fingerprint density at radius 1 is 1.18 bits per heavy atom. The molecule has 0 radical (unpaired) electrons. The summed E-state index contributed by atoms with van der Waals surface area (Å²) >= 11 is 0. The highest BCUT2D eigenvalue weighted by atomic mass is 32.2. The van der Waals surface area contributed by atoms with Crippen LogP contribution in [-0.4, -0.2) is 18.1 Å². The van der Waals surface area contributed by atoms with Gasteiger partial charge in [0.2, 0.25) is 0 Å². The van der Waals surface area contributed by atoms with Crippen molar-refractivity contribution in [3.05, 3.63) is 35.9 Å². The normalized spacial score (nSPS) is 11.9. The fourth-order valence-corrected chi connectivity index (χ4v) is 2.39. The standard InChI is InChI=1S/C12H12O4S/c1-2-8-4-3-5-10-11(8)6-9(7-12(10)13)17(14,15)16/h3-7,13H,2H2,1H3,(H,14,15,16). The van der Waals surface area contributed by atoms with E-state index in [2.05, 4.69) is 0 Å². The molecule has 2 N–H and O–H groups in total. The maximum atomic E-state index is 11.1. The van der Waals surface area contributed by atoms with Gasteiger partial charge < -0.3 is 5.11 Å². The Morgan fingerprint density at radius 2 is 1.88 bits per heavy atom. The summed E-state index contributed by atoms with van der Waals surface area (Å²) in [5.41, 5.74) is 0.920. The van der Waals surface area contributed by atoms with Crippen molar-refractivity contribution >= 4 is 20.9 Å². The van der Waals surface area contributed by atoms with E-state index in [1.165, 1.54) is 6.07 Å². The van der Waals surface area contributed by atoms with Gasteiger partial charge in [0.15, 0.2) is 0 Å². The number of fused-ring (bicyclic) bond motifs is 1. The second kappa shape index (κ2) is 4.01. The Bertz CT molecular complexity index is 674. The molecule has 0 heterocycles. The van der Waals surface area contributed by atoms with Crippen LogP contribution in [0.2, 0.25) is 0 Å². The van der Waals surface area contributed by atoms with Gasteiger partial charge in [-0.3, -0.25) is 4.55 Å². The van der Waals surface area contributed by atoms with Crippen LogP contribution >= 0.6 is 0 Å². The smallest absolute Gasteiger partial charge is 0.294 e. The molecule has 2 aromatic carbocycles. The topological polar surface area (TPSA) is 74.6 Å². The van der Waals surface area contributed by atoms with E-state index < -0.39 is 10.1 Å². The predicted octanol–water partition coefficient (Wildman–Crippen LogP) is 2.35. The number of hydrogen-bond acceptors (Lipinski definition) is 3. The first-order chi connectivity index (χ1) is 7.93. The average Bonchev–Trinajstić information content (AvgIpc) is 2.27. The van der Waals surface area contributed by atoms with Gasteiger partial charge in [0.25, 0.3) is 10.1 Å².